The molecule has 0 nitrogen and oxygen atoms in total. The fourth-order valence-electron chi connectivity index (χ4n) is 5.64. The first-order valence-electron chi connectivity index (χ1n) is 13.2. The maximum Gasteiger partial charge on any atom is 0.179 e. The summed E-state index contributed by atoms with van der Waals surface area (Å²) in [6, 6.07) is 43.4. The Morgan fingerprint density at radius 1 is 0.293 bits per heavy atom. The first kappa shape index (κ1) is 26.5. The standard InChI is InChI=1S/C36H24F4Si/c37-29-19-27(20-30(38)23-29)25-11-15-35(16-12-25)41(33-7-3-1-4-8-33,34-9-5-2-6-10-34)36-17-13-26(14-18-36)28-21-31(39)24-32(40)22-28/h1-24H. The summed E-state index contributed by atoms with van der Waals surface area (Å²) in [6.07, 6.45) is 0. The van der Waals surface area contributed by atoms with Crippen LogP contribution in [0, 0.1) is 23.3 Å². The molecular formula is C36H24F4Si. The summed E-state index contributed by atoms with van der Waals surface area (Å²) in [4.78, 5) is 0. The molecule has 0 aliphatic heterocycles. The Labute approximate surface area is 237 Å². The van der Waals surface area contributed by atoms with Crippen LogP contribution >= 0.6 is 0 Å². The Bertz CT molecular complexity index is 1620. The maximum atomic E-state index is 14.0. The molecule has 6 rings (SSSR count). The topological polar surface area (TPSA) is 0 Å². The van der Waals surface area contributed by atoms with Crippen molar-refractivity contribution >= 4 is 28.8 Å². The SMILES string of the molecule is Fc1cc(F)cc(-c2ccc([Si](c3ccccc3)(c3ccccc3)c3ccc(-c4cc(F)cc(F)c4)cc3)cc2)c1. The largest absolute Gasteiger partial charge is 0.207 e. The van der Waals surface area contributed by atoms with Gasteiger partial charge >= 0.3 is 0 Å². The molecule has 0 radical (unpaired) electrons. The molecule has 0 bridgehead atoms. The summed E-state index contributed by atoms with van der Waals surface area (Å²) in [5.41, 5.74) is 2.35. The molecule has 0 N–H and O–H groups in total. The van der Waals surface area contributed by atoms with Crippen LogP contribution in [0.1, 0.15) is 0 Å². The first-order chi connectivity index (χ1) is 19.9. The van der Waals surface area contributed by atoms with Crippen molar-refractivity contribution < 1.29 is 17.6 Å². The number of rotatable bonds is 6. The molecule has 0 aromatic heterocycles. The van der Waals surface area contributed by atoms with Gasteiger partial charge in [0.1, 0.15) is 23.3 Å². The molecule has 6 aromatic rings. The van der Waals surface area contributed by atoms with E-state index in [-0.39, 0.29) is 0 Å². The van der Waals surface area contributed by atoms with Gasteiger partial charge in [-0.2, -0.15) is 0 Å². The van der Waals surface area contributed by atoms with E-state index in [0.29, 0.717) is 22.3 Å². The van der Waals surface area contributed by atoms with E-state index in [9.17, 15) is 17.6 Å². The average molecular weight is 561 g/mol. The van der Waals surface area contributed by atoms with Gasteiger partial charge in [0.15, 0.2) is 8.07 Å². The average Bonchev–Trinajstić information content (AvgIpc) is 2.98. The predicted molar refractivity (Wildman–Crippen MR) is 161 cm³/mol. The smallest absolute Gasteiger partial charge is 0.179 e. The van der Waals surface area contributed by atoms with E-state index in [1.165, 1.54) is 24.3 Å². The van der Waals surface area contributed by atoms with Crippen molar-refractivity contribution in [2.75, 3.05) is 0 Å². The van der Waals surface area contributed by atoms with Gasteiger partial charge in [-0.15, -0.1) is 0 Å². The zero-order valence-electron chi connectivity index (χ0n) is 21.9. The van der Waals surface area contributed by atoms with E-state index in [4.69, 9.17) is 0 Å². The van der Waals surface area contributed by atoms with Crippen LogP contribution in [0.2, 0.25) is 0 Å². The van der Waals surface area contributed by atoms with E-state index in [1.54, 1.807) is 0 Å². The van der Waals surface area contributed by atoms with Gasteiger partial charge in [-0.3, -0.25) is 0 Å². The molecule has 0 amide bonds. The Morgan fingerprint density at radius 3 is 0.902 bits per heavy atom. The Morgan fingerprint density at radius 2 is 0.585 bits per heavy atom. The third-order valence-corrected chi connectivity index (χ3v) is 12.2. The zero-order chi connectivity index (χ0) is 28.4. The van der Waals surface area contributed by atoms with Crippen LogP contribution in [0.5, 0.6) is 0 Å². The van der Waals surface area contributed by atoms with Crippen LogP contribution in [0.25, 0.3) is 22.3 Å². The van der Waals surface area contributed by atoms with E-state index in [0.717, 1.165) is 32.9 Å². The minimum absolute atomic E-state index is 0.465. The van der Waals surface area contributed by atoms with Crippen molar-refractivity contribution in [3.8, 4) is 22.3 Å². The van der Waals surface area contributed by atoms with Gasteiger partial charge in [-0.25, -0.2) is 17.6 Å². The third-order valence-electron chi connectivity index (χ3n) is 7.44. The molecule has 41 heavy (non-hydrogen) atoms. The molecule has 6 aromatic carbocycles. The monoisotopic (exact) mass is 560 g/mol. The van der Waals surface area contributed by atoms with Gasteiger partial charge in [0.2, 0.25) is 0 Å². The molecule has 0 saturated heterocycles. The first-order valence-corrected chi connectivity index (χ1v) is 15.2. The molecule has 200 valence electrons. The van der Waals surface area contributed by atoms with E-state index < -0.39 is 31.3 Å². The minimum Gasteiger partial charge on any atom is -0.207 e. The number of benzene rings is 6. The van der Waals surface area contributed by atoms with Gasteiger partial charge in [0, 0.05) is 12.1 Å². The van der Waals surface area contributed by atoms with Crippen molar-refractivity contribution in [2.24, 2.45) is 0 Å². The molecule has 0 unspecified atom stereocenters. The highest BCUT2D eigenvalue weighted by molar-refractivity contribution is 7.19. The van der Waals surface area contributed by atoms with Gasteiger partial charge < -0.3 is 0 Å². The molecule has 0 heterocycles. The summed E-state index contributed by atoms with van der Waals surface area (Å²) in [5.74, 6) is -2.50. The van der Waals surface area contributed by atoms with Crippen molar-refractivity contribution in [2.45, 2.75) is 0 Å². The normalized spacial score (nSPS) is 11.4. The number of hydrogen-bond acceptors (Lipinski definition) is 0. The lowest BCUT2D eigenvalue weighted by molar-refractivity contribution is 0.583. The number of hydrogen-bond donors (Lipinski definition) is 0. The molecule has 5 heteroatoms. The minimum atomic E-state index is -2.89. The summed E-state index contributed by atoms with van der Waals surface area (Å²) in [7, 11) is -2.89. The van der Waals surface area contributed by atoms with Gasteiger partial charge in [0.25, 0.3) is 0 Å². The second kappa shape index (κ2) is 11.0. The van der Waals surface area contributed by atoms with E-state index in [2.05, 4.69) is 24.3 Å². The Hall–Kier alpha value is -4.74. The molecule has 0 aliphatic carbocycles. The van der Waals surface area contributed by atoms with Crippen molar-refractivity contribution in [1.82, 2.24) is 0 Å². The molecule has 0 fully saturated rings. The van der Waals surface area contributed by atoms with Crippen LogP contribution < -0.4 is 20.7 Å². The second-order valence-electron chi connectivity index (χ2n) is 9.95. The Balaban J connectivity index is 1.56. The van der Waals surface area contributed by atoms with E-state index >= 15 is 0 Å². The fourth-order valence-corrected chi connectivity index (χ4v) is 10.4. The van der Waals surface area contributed by atoms with Gasteiger partial charge in [0.05, 0.1) is 0 Å². The summed E-state index contributed by atoms with van der Waals surface area (Å²) in [5, 5.41) is 4.47. The van der Waals surface area contributed by atoms with Crippen LogP contribution in [0.15, 0.2) is 146 Å². The highest BCUT2D eigenvalue weighted by Crippen LogP contribution is 2.24. The summed E-state index contributed by atoms with van der Waals surface area (Å²) < 4.78 is 55.9. The molecule has 0 saturated carbocycles. The molecule has 0 atom stereocenters. The lowest BCUT2D eigenvalue weighted by Crippen LogP contribution is -2.74. The molecule has 0 aliphatic rings. The molecule has 0 spiro atoms. The van der Waals surface area contributed by atoms with Crippen molar-refractivity contribution in [3.63, 3.8) is 0 Å². The highest BCUT2D eigenvalue weighted by Gasteiger charge is 2.41. The van der Waals surface area contributed by atoms with Gasteiger partial charge in [-0.05, 0) is 67.3 Å². The van der Waals surface area contributed by atoms with E-state index in [1.807, 2.05) is 84.9 Å². The third kappa shape index (κ3) is 5.12. The number of halogens is 4. The summed E-state index contributed by atoms with van der Waals surface area (Å²) >= 11 is 0. The lowest BCUT2D eigenvalue weighted by atomic mass is 10.1. The molecular weight excluding hydrogens is 536 g/mol. The summed E-state index contributed by atoms with van der Waals surface area (Å²) in [6.45, 7) is 0. The van der Waals surface area contributed by atoms with Crippen molar-refractivity contribution in [3.05, 3.63) is 169 Å². The predicted octanol–water partition coefficient (Wildman–Crippen LogP) is 6.95. The highest BCUT2D eigenvalue weighted by atomic mass is 28.3. The van der Waals surface area contributed by atoms with Crippen LogP contribution in [0.3, 0.4) is 0 Å². The van der Waals surface area contributed by atoms with Crippen molar-refractivity contribution in [1.29, 1.82) is 0 Å². The lowest BCUT2D eigenvalue weighted by Gasteiger charge is -2.34. The second-order valence-corrected chi connectivity index (χ2v) is 13.8. The van der Waals surface area contributed by atoms with Crippen LogP contribution in [-0.2, 0) is 0 Å². The zero-order valence-corrected chi connectivity index (χ0v) is 22.9. The quantitative estimate of drug-likeness (QED) is 0.117. The fraction of sp³-hybridized carbons (Fsp3) is 0. The van der Waals surface area contributed by atoms with Crippen LogP contribution in [-0.4, -0.2) is 8.07 Å². The Kier molecular flexibility index (Phi) is 7.12. The van der Waals surface area contributed by atoms with Gasteiger partial charge in [-0.1, -0.05) is 109 Å². The maximum absolute atomic E-state index is 14.0. The van der Waals surface area contributed by atoms with Crippen LogP contribution in [0.4, 0.5) is 17.6 Å².